The molecule has 0 aliphatic rings. The standard InChI is InChI=1S/C13H24N2O/c1-9(2)10(3)14-8-6-7-13-11(4)15-16-12(13)5/h9-10,14H,6-8H2,1-5H3. The molecule has 0 amide bonds. The number of nitrogens with one attached hydrogen (secondary N) is 1. The van der Waals surface area contributed by atoms with Crippen molar-refractivity contribution in [3.05, 3.63) is 17.0 Å². The van der Waals surface area contributed by atoms with Gasteiger partial charge in [-0.2, -0.15) is 0 Å². The third-order valence-electron chi connectivity index (χ3n) is 3.25. The van der Waals surface area contributed by atoms with E-state index in [4.69, 9.17) is 4.52 Å². The first-order valence-corrected chi connectivity index (χ1v) is 6.17. The molecule has 3 nitrogen and oxygen atoms in total. The molecule has 1 unspecified atom stereocenters. The van der Waals surface area contributed by atoms with Crippen LogP contribution in [0.25, 0.3) is 0 Å². The van der Waals surface area contributed by atoms with Gasteiger partial charge in [-0.15, -0.1) is 0 Å². The molecule has 1 N–H and O–H groups in total. The maximum absolute atomic E-state index is 5.14. The maximum Gasteiger partial charge on any atom is 0.137 e. The van der Waals surface area contributed by atoms with E-state index in [2.05, 4.69) is 31.2 Å². The van der Waals surface area contributed by atoms with Gasteiger partial charge in [0, 0.05) is 11.6 Å². The Labute approximate surface area is 98.6 Å². The summed E-state index contributed by atoms with van der Waals surface area (Å²) in [6.45, 7) is 11.8. The van der Waals surface area contributed by atoms with Gasteiger partial charge in [-0.05, 0) is 46.1 Å². The second-order valence-electron chi connectivity index (χ2n) is 4.89. The molecule has 0 aromatic carbocycles. The van der Waals surface area contributed by atoms with Crippen LogP contribution in [0.3, 0.4) is 0 Å². The monoisotopic (exact) mass is 224 g/mol. The molecule has 0 spiro atoms. The molecule has 3 heteroatoms. The SMILES string of the molecule is Cc1noc(C)c1CCCNC(C)C(C)C. The van der Waals surface area contributed by atoms with Crippen molar-refractivity contribution in [2.24, 2.45) is 5.92 Å². The van der Waals surface area contributed by atoms with E-state index in [9.17, 15) is 0 Å². The van der Waals surface area contributed by atoms with Gasteiger partial charge in [0.2, 0.25) is 0 Å². The van der Waals surface area contributed by atoms with Gasteiger partial charge in [-0.3, -0.25) is 0 Å². The maximum atomic E-state index is 5.14. The number of aryl methyl sites for hydroxylation is 2. The third-order valence-corrected chi connectivity index (χ3v) is 3.25. The molecule has 16 heavy (non-hydrogen) atoms. The molecular formula is C13H24N2O. The van der Waals surface area contributed by atoms with Crippen LogP contribution in [-0.4, -0.2) is 17.7 Å². The van der Waals surface area contributed by atoms with Crippen molar-refractivity contribution in [2.45, 2.75) is 53.5 Å². The molecule has 0 bridgehead atoms. The van der Waals surface area contributed by atoms with Gasteiger partial charge in [-0.1, -0.05) is 19.0 Å². The van der Waals surface area contributed by atoms with Crippen LogP contribution in [0.1, 0.15) is 44.2 Å². The van der Waals surface area contributed by atoms with Gasteiger partial charge in [0.15, 0.2) is 0 Å². The summed E-state index contributed by atoms with van der Waals surface area (Å²) in [6.07, 6.45) is 2.19. The Bertz CT molecular complexity index is 298. The highest BCUT2D eigenvalue weighted by molar-refractivity contribution is 5.20. The lowest BCUT2D eigenvalue weighted by Gasteiger charge is -2.17. The van der Waals surface area contributed by atoms with Crippen molar-refractivity contribution in [2.75, 3.05) is 6.54 Å². The third kappa shape index (κ3) is 3.63. The minimum absolute atomic E-state index is 0.588. The summed E-state index contributed by atoms with van der Waals surface area (Å²) in [6, 6.07) is 0.588. The molecule has 0 saturated carbocycles. The zero-order valence-corrected chi connectivity index (χ0v) is 11.1. The molecule has 0 fully saturated rings. The van der Waals surface area contributed by atoms with Gasteiger partial charge in [0.25, 0.3) is 0 Å². The minimum Gasteiger partial charge on any atom is -0.361 e. The summed E-state index contributed by atoms with van der Waals surface area (Å²) >= 11 is 0. The molecule has 1 atom stereocenters. The first kappa shape index (κ1) is 13.2. The number of hydrogen-bond acceptors (Lipinski definition) is 3. The van der Waals surface area contributed by atoms with Crippen molar-refractivity contribution in [1.82, 2.24) is 10.5 Å². The second kappa shape index (κ2) is 6.04. The number of aromatic nitrogens is 1. The predicted octanol–water partition coefficient (Wildman–Crippen LogP) is 2.86. The number of hydrogen-bond donors (Lipinski definition) is 1. The van der Waals surface area contributed by atoms with E-state index >= 15 is 0 Å². The molecule has 92 valence electrons. The van der Waals surface area contributed by atoms with E-state index in [1.54, 1.807) is 0 Å². The van der Waals surface area contributed by atoms with Crippen LogP contribution in [0.5, 0.6) is 0 Å². The summed E-state index contributed by atoms with van der Waals surface area (Å²) in [7, 11) is 0. The highest BCUT2D eigenvalue weighted by Gasteiger charge is 2.09. The molecule has 0 saturated heterocycles. The summed E-state index contributed by atoms with van der Waals surface area (Å²) in [5, 5.41) is 7.50. The van der Waals surface area contributed by atoms with E-state index < -0.39 is 0 Å². The highest BCUT2D eigenvalue weighted by Crippen LogP contribution is 2.13. The number of rotatable bonds is 6. The molecule has 1 rings (SSSR count). The summed E-state index contributed by atoms with van der Waals surface area (Å²) in [5.41, 5.74) is 2.31. The Hall–Kier alpha value is -0.830. The largest absolute Gasteiger partial charge is 0.361 e. The zero-order chi connectivity index (χ0) is 12.1. The van der Waals surface area contributed by atoms with E-state index in [1.165, 1.54) is 5.56 Å². The molecule has 1 aromatic heterocycles. The Balaban J connectivity index is 2.26. The highest BCUT2D eigenvalue weighted by atomic mass is 16.5. The summed E-state index contributed by atoms with van der Waals surface area (Å²) < 4.78 is 5.14. The second-order valence-corrected chi connectivity index (χ2v) is 4.89. The van der Waals surface area contributed by atoms with Crippen molar-refractivity contribution >= 4 is 0 Å². The van der Waals surface area contributed by atoms with Crippen LogP contribution in [0.4, 0.5) is 0 Å². The lowest BCUT2D eigenvalue weighted by molar-refractivity contribution is 0.391. The van der Waals surface area contributed by atoms with Crippen LogP contribution in [0, 0.1) is 19.8 Å². The number of nitrogens with zero attached hydrogens (tertiary/aromatic N) is 1. The van der Waals surface area contributed by atoms with Gasteiger partial charge < -0.3 is 9.84 Å². The van der Waals surface area contributed by atoms with Crippen LogP contribution < -0.4 is 5.32 Å². The van der Waals surface area contributed by atoms with Gasteiger partial charge >= 0.3 is 0 Å². The lowest BCUT2D eigenvalue weighted by atomic mass is 10.1. The summed E-state index contributed by atoms with van der Waals surface area (Å²) in [5.74, 6) is 1.66. The van der Waals surface area contributed by atoms with E-state index in [0.29, 0.717) is 12.0 Å². The quantitative estimate of drug-likeness (QED) is 0.755. The summed E-state index contributed by atoms with van der Waals surface area (Å²) in [4.78, 5) is 0. The Morgan fingerprint density at radius 2 is 1.94 bits per heavy atom. The average Bonchev–Trinajstić information content (AvgIpc) is 2.54. The first-order valence-electron chi connectivity index (χ1n) is 6.17. The van der Waals surface area contributed by atoms with Gasteiger partial charge in [0.05, 0.1) is 5.69 Å². The average molecular weight is 224 g/mol. The normalized spacial score (nSPS) is 13.4. The molecule has 0 aliphatic heterocycles. The van der Waals surface area contributed by atoms with E-state index in [-0.39, 0.29) is 0 Å². The minimum atomic E-state index is 0.588. The van der Waals surface area contributed by atoms with Crippen LogP contribution >= 0.6 is 0 Å². The smallest absolute Gasteiger partial charge is 0.137 e. The fraction of sp³-hybridized carbons (Fsp3) is 0.769. The Kier molecular flexibility index (Phi) is 5.00. The molecular weight excluding hydrogens is 200 g/mol. The van der Waals surface area contributed by atoms with Gasteiger partial charge in [-0.25, -0.2) is 0 Å². The van der Waals surface area contributed by atoms with Crippen LogP contribution in [-0.2, 0) is 6.42 Å². The fourth-order valence-corrected chi connectivity index (χ4v) is 1.69. The van der Waals surface area contributed by atoms with E-state index in [1.807, 2.05) is 13.8 Å². The van der Waals surface area contributed by atoms with Crippen molar-refractivity contribution in [3.63, 3.8) is 0 Å². The van der Waals surface area contributed by atoms with Crippen LogP contribution in [0.15, 0.2) is 4.52 Å². The lowest BCUT2D eigenvalue weighted by Crippen LogP contribution is -2.31. The zero-order valence-electron chi connectivity index (χ0n) is 11.1. The van der Waals surface area contributed by atoms with Crippen molar-refractivity contribution in [3.8, 4) is 0 Å². The Morgan fingerprint density at radius 3 is 2.44 bits per heavy atom. The van der Waals surface area contributed by atoms with Crippen LogP contribution in [0.2, 0.25) is 0 Å². The molecule has 0 radical (unpaired) electrons. The Morgan fingerprint density at radius 1 is 1.25 bits per heavy atom. The van der Waals surface area contributed by atoms with Crippen molar-refractivity contribution in [1.29, 1.82) is 0 Å². The van der Waals surface area contributed by atoms with E-state index in [0.717, 1.165) is 30.8 Å². The van der Waals surface area contributed by atoms with Gasteiger partial charge in [0.1, 0.15) is 5.76 Å². The topological polar surface area (TPSA) is 38.1 Å². The fourth-order valence-electron chi connectivity index (χ4n) is 1.69. The first-order chi connectivity index (χ1) is 7.52. The molecule has 0 aliphatic carbocycles. The predicted molar refractivity (Wildman–Crippen MR) is 66.6 cm³/mol. The molecule has 1 heterocycles. The molecule has 1 aromatic rings. The van der Waals surface area contributed by atoms with Crippen molar-refractivity contribution < 1.29 is 4.52 Å².